The smallest absolute Gasteiger partial charge is 0.121 e. The molecular formula is C12H13BrSi. The van der Waals surface area contributed by atoms with Crippen LogP contribution in [0.2, 0.25) is 13.1 Å². The van der Waals surface area contributed by atoms with Crippen molar-refractivity contribution in [1.29, 1.82) is 0 Å². The Morgan fingerprint density at radius 3 is 2.29 bits per heavy atom. The third kappa shape index (κ3) is 1.77. The fourth-order valence-electron chi connectivity index (χ4n) is 1.74. The lowest BCUT2D eigenvalue weighted by molar-refractivity contribution is 1.76. The highest BCUT2D eigenvalue weighted by Gasteiger charge is 2.20. The van der Waals surface area contributed by atoms with Gasteiger partial charge in [-0.1, -0.05) is 55.6 Å². The first-order valence-corrected chi connectivity index (χ1v) is 10.0. The highest BCUT2D eigenvalue weighted by atomic mass is 79.9. The lowest BCUT2D eigenvalue weighted by atomic mass is 10.1. The zero-order valence-corrected chi connectivity index (χ0v) is 11.0. The summed E-state index contributed by atoms with van der Waals surface area (Å²) in [4.78, 5) is 0. The van der Waals surface area contributed by atoms with Crippen molar-refractivity contribution >= 4 is 37.9 Å². The van der Waals surface area contributed by atoms with Crippen molar-refractivity contribution in [2.45, 2.75) is 13.1 Å². The van der Waals surface area contributed by atoms with Crippen molar-refractivity contribution < 1.29 is 0 Å². The van der Waals surface area contributed by atoms with E-state index in [-0.39, 0.29) is 0 Å². The summed E-state index contributed by atoms with van der Waals surface area (Å²) in [7, 11) is 0. The van der Waals surface area contributed by atoms with Crippen LogP contribution >= 0.6 is 15.3 Å². The molecule has 0 spiro atoms. The van der Waals surface area contributed by atoms with Crippen LogP contribution in [0.5, 0.6) is 0 Å². The summed E-state index contributed by atoms with van der Waals surface area (Å²) < 4.78 is 0. The zero-order valence-electron chi connectivity index (χ0n) is 8.42. The molecule has 0 aliphatic heterocycles. The van der Waals surface area contributed by atoms with Crippen molar-refractivity contribution in [3.8, 4) is 0 Å². The monoisotopic (exact) mass is 264 g/mol. The lowest BCUT2D eigenvalue weighted by Gasteiger charge is -2.16. The summed E-state index contributed by atoms with van der Waals surface area (Å²) >= 11 is 3.85. The molecule has 0 fully saturated rings. The largest absolute Gasteiger partial charge is 0.155 e. The standard InChI is InChI=1S/C12H13BrSi/c1-14(2,13)12-9-5-7-10-6-3-4-8-11(10)12/h3-9H,1-2H3. The SMILES string of the molecule is C[Si](C)(Br)c1cccc2ccccc12. The summed E-state index contributed by atoms with van der Waals surface area (Å²) in [5.74, 6) is 0. The van der Waals surface area contributed by atoms with E-state index in [9.17, 15) is 0 Å². The van der Waals surface area contributed by atoms with E-state index in [2.05, 4.69) is 70.9 Å². The van der Waals surface area contributed by atoms with Crippen molar-refractivity contribution in [2.75, 3.05) is 0 Å². The fourth-order valence-corrected chi connectivity index (χ4v) is 4.14. The second-order valence-electron chi connectivity index (χ2n) is 4.00. The van der Waals surface area contributed by atoms with E-state index in [0.29, 0.717) is 0 Å². The molecule has 0 bridgehead atoms. The van der Waals surface area contributed by atoms with E-state index in [1.54, 1.807) is 0 Å². The lowest BCUT2D eigenvalue weighted by Crippen LogP contribution is -2.34. The summed E-state index contributed by atoms with van der Waals surface area (Å²) in [5, 5.41) is 4.21. The maximum atomic E-state index is 3.85. The van der Waals surface area contributed by atoms with Crippen molar-refractivity contribution in [3.05, 3.63) is 42.5 Å². The number of rotatable bonds is 1. The normalized spacial score (nSPS) is 11.9. The second-order valence-corrected chi connectivity index (χ2v) is 13.4. The number of halogens is 1. The summed E-state index contributed by atoms with van der Waals surface area (Å²) in [6.07, 6.45) is 0. The first-order valence-electron chi connectivity index (χ1n) is 4.76. The average Bonchev–Trinajstić information content (AvgIpc) is 2.15. The van der Waals surface area contributed by atoms with Crippen LogP contribution < -0.4 is 5.19 Å². The van der Waals surface area contributed by atoms with Crippen LogP contribution in [-0.4, -0.2) is 6.69 Å². The Bertz CT molecular complexity index is 452. The maximum Gasteiger partial charge on any atom is 0.155 e. The van der Waals surface area contributed by atoms with E-state index < -0.39 is 6.69 Å². The van der Waals surface area contributed by atoms with Gasteiger partial charge in [-0.3, -0.25) is 0 Å². The summed E-state index contributed by atoms with van der Waals surface area (Å²) in [6, 6.07) is 15.1. The van der Waals surface area contributed by atoms with Crippen LogP contribution in [0, 0.1) is 0 Å². The topological polar surface area (TPSA) is 0 Å². The Balaban J connectivity index is 2.78. The van der Waals surface area contributed by atoms with Gasteiger partial charge in [-0.2, -0.15) is 0 Å². The van der Waals surface area contributed by atoms with Crippen molar-refractivity contribution in [1.82, 2.24) is 0 Å². The predicted molar refractivity (Wildman–Crippen MR) is 70.0 cm³/mol. The Labute approximate surface area is 93.5 Å². The Hall–Kier alpha value is -0.603. The molecule has 0 unspecified atom stereocenters. The van der Waals surface area contributed by atoms with Gasteiger partial charge in [0.25, 0.3) is 0 Å². The third-order valence-corrected chi connectivity index (χ3v) is 5.43. The molecule has 72 valence electrons. The minimum Gasteiger partial charge on any atom is -0.121 e. The molecule has 0 radical (unpaired) electrons. The summed E-state index contributed by atoms with van der Waals surface area (Å²) in [6.45, 7) is 3.24. The van der Waals surface area contributed by atoms with Gasteiger partial charge >= 0.3 is 0 Å². The number of hydrogen-bond acceptors (Lipinski definition) is 0. The molecule has 0 nitrogen and oxygen atoms in total. The number of benzene rings is 2. The van der Waals surface area contributed by atoms with E-state index in [1.165, 1.54) is 16.0 Å². The van der Waals surface area contributed by atoms with Gasteiger partial charge in [0.1, 0.15) is 0 Å². The second kappa shape index (κ2) is 3.52. The third-order valence-electron chi connectivity index (χ3n) is 2.43. The molecule has 0 N–H and O–H groups in total. The molecular weight excluding hydrogens is 252 g/mol. The van der Waals surface area contributed by atoms with Gasteiger partial charge < -0.3 is 0 Å². The molecule has 2 rings (SSSR count). The van der Waals surface area contributed by atoms with Gasteiger partial charge in [0, 0.05) is 0 Å². The van der Waals surface area contributed by atoms with Crippen molar-refractivity contribution in [3.63, 3.8) is 0 Å². The van der Waals surface area contributed by atoms with Crippen LogP contribution in [0.15, 0.2) is 42.5 Å². The quantitative estimate of drug-likeness (QED) is 0.545. The molecule has 0 saturated carbocycles. The van der Waals surface area contributed by atoms with Crippen LogP contribution in [0.25, 0.3) is 10.8 Å². The molecule has 0 aromatic heterocycles. The number of hydrogen-bond donors (Lipinski definition) is 0. The minimum absolute atomic E-state index is 1.34. The minimum atomic E-state index is -1.39. The first kappa shape index (κ1) is 9.93. The molecule has 0 heterocycles. The molecule has 0 saturated heterocycles. The Morgan fingerprint density at radius 1 is 0.929 bits per heavy atom. The molecule has 2 heteroatoms. The van der Waals surface area contributed by atoms with Crippen molar-refractivity contribution in [2.24, 2.45) is 0 Å². The van der Waals surface area contributed by atoms with E-state index in [0.717, 1.165) is 0 Å². The van der Waals surface area contributed by atoms with E-state index in [4.69, 9.17) is 0 Å². The van der Waals surface area contributed by atoms with Gasteiger partial charge in [0.05, 0.1) is 0 Å². The molecule has 0 aliphatic rings. The van der Waals surface area contributed by atoms with Gasteiger partial charge in [-0.05, 0) is 16.0 Å². The van der Waals surface area contributed by atoms with Gasteiger partial charge in [-0.25, -0.2) is 0 Å². The molecule has 2 aromatic rings. The molecule has 14 heavy (non-hydrogen) atoms. The maximum absolute atomic E-state index is 3.85. The molecule has 0 amide bonds. The van der Waals surface area contributed by atoms with Crippen LogP contribution in [-0.2, 0) is 0 Å². The fraction of sp³-hybridized carbons (Fsp3) is 0.167. The number of fused-ring (bicyclic) bond motifs is 1. The highest BCUT2D eigenvalue weighted by Crippen LogP contribution is 2.18. The molecule has 0 atom stereocenters. The van der Waals surface area contributed by atoms with Gasteiger partial charge in [0.15, 0.2) is 6.69 Å². The molecule has 0 aliphatic carbocycles. The molecule has 2 aromatic carbocycles. The zero-order chi connectivity index (χ0) is 10.2. The van der Waals surface area contributed by atoms with Crippen LogP contribution in [0.4, 0.5) is 0 Å². The highest BCUT2D eigenvalue weighted by molar-refractivity contribution is 9.26. The van der Waals surface area contributed by atoms with Crippen LogP contribution in [0.3, 0.4) is 0 Å². The first-order chi connectivity index (χ1) is 6.59. The van der Waals surface area contributed by atoms with Crippen LogP contribution in [0.1, 0.15) is 0 Å². The van der Waals surface area contributed by atoms with Gasteiger partial charge in [-0.15, -0.1) is 15.3 Å². The predicted octanol–water partition coefficient (Wildman–Crippen LogP) is 3.65. The Morgan fingerprint density at radius 2 is 1.57 bits per heavy atom. The van der Waals surface area contributed by atoms with Gasteiger partial charge in [0.2, 0.25) is 0 Å². The van der Waals surface area contributed by atoms with E-state index >= 15 is 0 Å². The average molecular weight is 265 g/mol. The summed E-state index contributed by atoms with van der Waals surface area (Å²) in [5.41, 5.74) is 0. The Kier molecular flexibility index (Phi) is 2.50. The van der Waals surface area contributed by atoms with E-state index in [1.807, 2.05) is 0 Å².